The largest absolute Gasteiger partial charge is 0.495 e. The van der Waals surface area contributed by atoms with E-state index in [-0.39, 0.29) is 0 Å². The average molecular weight is 332 g/mol. The van der Waals surface area contributed by atoms with Gasteiger partial charge in [0.2, 0.25) is 0 Å². The maximum atomic E-state index is 9.04. The quantitative estimate of drug-likeness (QED) is 0.830. The zero-order chi connectivity index (χ0) is 14.4. The fraction of sp³-hybridized carbons (Fsp3) is 0.188. The van der Waals surface area contributed by atoms with E-state index < -0.39 is 0 Å². The van der Waals surface area contributed by atoms with E-state index in [4.69, 9.17) is 14.7 Å². The molecule has 0 saturated heterocycles. The first kappa shape index (κ1) is 14.6. The highest BCUT2D eigenvalue weighted by atomic mass is 79.9. The molecule has 2 aromatic carbocycles. The van der Waals surface area contributed by atoms with Crippen LogP contribution >= 0.6 is 15.9 Å². The van der Waals surface area contributed by atoms with Gasteiger partial charge < -0.3 is 9.47 Å². The van der Waals surface area contributed by atoms with Crippen molar-refractivity contribution in [3.05, 3.63) is 63.6 Å². The summed E-state index contributed by atoms with van der Waals surface area (Å²) in [7, 11) is 1.55. The smallest absolute Gasteiger partial charge is 0.136 e. The van der Waals surface area contributed by atoms with Crippen molar-refractivity contribution in [3.8, 4) is 11.8 Å². The van der Waals surface area contributed by atoms with Crippen LogP contribution in [0.5, 0.6) is 5.75 Å². The number of rotatable bonds is 5. The molecule has 0 radical (unpaired) electrons. The highest BCUT2D eigenvalue weighted by Gasteiger charge is 2.04. The van der Waals surface area contributed by atoms with Gasteiger partial charge in [-0.15, -0.1) is 0 Å². The van der Waals surface area contributed by atoms with Crippen LogP contribution in [0.15, 0.2) is 46.9 Å². The molecule has 102 valence electrons. The molecule has 0 unspecified atom stereocenters. The third-order valence-corrected chi connectivity index (χ3v) is 3.64. The lowest BCUT2D eigenvalue weighted by molar-refractivity contribution is 0.106. The molecule has 0 fully saturated rings. The molecule has 2 rings (SSSR count). The summed E-state index contributed by atoms with van der Waals surface area (Å²) >= 11 is 3.48. The normalized spacial score (nSPS) is 10.1. The molecule has 0 N–H and O–H groups in total. The molecular weight excluding hydrogens is 318 g/mol. The summed E-state index contributed by atoms with van der Waals surface area (Å²) < 4.78 is 11.8. The summed E-state index contributed by atoms with van der Waals surface area (Å²) in [6.45, 7) is 0.981. The number of halogens is 1. The summed E-state index contributed by atoms with van der Waals surface area (Å²) in [6.07, 6.45) is 0. The third-order valence-electron chi connectivity index (χ3n) is 2.87. The number of ether oxygens (including phenoxy) is 2. The van der Waals surface area contributed by atoms with Crippen LogP contribution in [0.1, 0.15) is 16.7 Å². The number of nitrogens with zero attached hydrogens (tertiary/aromatic N) is 1. The topological polar surface area (TPSA) is 42.2 Å². The summed E-state index contributed by atoms with van der Waals surface area (Å²) in [4.78, 5) is 0. The second-order valence-electron chi connectivity index (χ2n) is 4.23. The van der Waals surface area contributed by atoms with E-state index in [1.54, 1.807) is 19.2 Å². The van der Waals surface area contributed by atoms with Crippen molar-refractivity contribution >= 4 is 15.9 Å². The first-order valence-electron chi connectivity index (χ1n) is 6.12. The van der Waals surface area contributed by atoms with Crippen molar-refractivity contribution in [3.63, 3.8) is 0 Å². The Hall–Kier alpha value is -1.83. The minimum Gasteiger partial charge on any atom is -0.495 e. The molecule has 0 atom stereocenters. The summed E-state index contributed by atoms with van der Waals surface area (Å²) in [5, 5.41) is 9.04. The SMILES string of the molecule is COc1ccc(COCc2ccccc2Br)cc1C#N. The van der Waals surface area contributed by atoms with Crippen LogP contribution in [0, 0.1) is 11.3 Å². The van der Waals surface area contributed by atoms with Crippen LogP contribution in [0.2, 0.25) is 0 Å². The van der Waals surface area contributed by atoms with E-state index in [0.29, 0.717) is 24.5 Å². The number of nitriles is 1. The maximum absolute atomic E-state index is 9.04. The lowest BCUT2D eigenvalue weighted by Crippen LogP contribution is -1.96. The molecule has 2 aromatic rings. The van der Waals surface area contributed by atoms with Gasteiger partial charge in [0.05, 0.1) is 25.9 Å². The first-order chi connectivity index (χ1) is 9.74. The second-order valence-corrected chi connectivity index (χ2v) is 5.08. The Kier molecular flexibility index (Phi) is 5.16. The van der Waals surface area contributed by atoms with Crippen LogP contribution in [0.25, 0.3) is 0 Å². The van der Waals surface area contributed by atoms with Crippen LogP contribution in [-0.4, -0.2) is 7.11 Å². The predicted molar refractivity (Wildman–Crippen MR) is 80.3 cm³/mol. The van der Waals surface area contributed by atoms with Crippen LogP contribution in [-0.2, 0) is 18.0 Å². The van der Waals surface area contributed by atoms with Crippen LogP contribution in [0.4, 0.5) is 0 Å². The number of benzene rings is 2. The minimum atomic E-state index is 0.458. The summed E-state index contributed by atoms with van der Waals surface area (Å²) in [5.41, 5.74) is 2.57. The van der Waals surface area contributed by atoms with Crippen molar-refractivity contribution < 1.29 is 9.47 Å². The number of hydrogen-bond acceptors (Lipinski definition) is 3. The molecule has 0 bridgehead atoms. The highest BCUT2D eigenvalue weighted by Crippen LogP contribution is 2.20. The van der Waals surface area contributed by atoms with Crippen LogP contribution in [0.3, 0.4) is 0 Å². The maximum Gasteiger partial charge on any atom is 0.136 e. The molecule has 0 heterocycles. The average Bonchev–Trinajstić information content (AvgIpc) is 2.49. The molecule has 0 aliphatic rings. The Labute approximate surface area is 126 Å². The summed E-state index contributed by atoms with van der Waals surface area (Å²) in [5.74, 6) is 0.585. The van der Waals surface area contributed by atoms with Gasteiger partial charge in [-0.05, 0) is 29.3 Å². The van der Waals surface area contributed by atoms with Gasteiger partial charge in [0.15, 0.2) is 0 Å². The van der Waals surface area contributed by atoms with Gasteiger partial charge in [0.1, 0.15) is 11.8 Å². The molecule has 0 aliphatic heterocycles. The molecule has 0 aliphatic carbocycles. The van der Waals surface area contributed by atoms with Crippen molar-refractivity contribution in [2.45, 2.75) is 13.2 Å². The summed E-state index contributed by atoms with van der Waals surface area (Å²) in [6, 6.07) is 15.5. The molecular formula is C16H14BrNO2. The second kappa shape index (κ2) is 7.09. The minimum absolute atomic E-state index is 0.458. The van der Waals surface area contributed by atoms with Gasteiger partial charge in [-0.1, -0.05) is 40.2 Å². The van der Waals surface area contributed by atoms with Crippen molar-refractivity contribution in [1.82, 2.24) is 0 Å². The van der Waals surface area contributed by atoms with Gasteiger partial charge in [-0.3, -0.25) is 0 Å². The first-order valence-corrected chi connectivity index (χ1v) is 6.92. The standard InChI is InChI=1S/C16H14BrNO2/c1-19-16-7-6-12(8-14(16)9-18)10-20-11-13-4-2-3-5-15(13)17/h2-8H,10-11H2,1H3. The van der Waals surface area contributed by atoms with E-state index >= 15 is 0 Å². The Morgan fingerprint density at radius 2 is 1.95 bits per heavy atom. The molecule has 4 heteroatoms. The fourth-order valence-electron chi connectivity index (χ4n) is 1.83. The highest BCUT2D eigenvalue weighted by molar-refractivity contribution is 9.10. The van der Waals surface area contributed by atoms with Crippen LogP contribution < -0.4 is 4.74 Å². The van der Waals surface area contributed by atoms with Crippen molar-refractivity contribution in [2.75, 3.05) is 7.11 Å². The van der Waals surface area contributed by atoms with Gasteiger partial charge in [0, 0.05) is 4.47 Å². The van der Waals surface area contributed by atoms with Gasteiger partial charge in [-0.2, -0.15) is 5.26 Å². The molecule has 0 aromatic heterocycles. The Morgan fingerprint density at radius 3 is 2.65 bits per heavy atom. The molecule has 0 amide bonds. The van der Waals surface area contributed by atoms with Crippen molar-refractivity contribution in [1.29, 1.82) is 5.26 Å². The molecule has 0 spiro atoms. The Bertz CT molecular complexity index is 635. The van der Waals surface area contributed by atoms with E-state index in [1.807, 2.05) is 30.3 Å². The Balaban J connectivity index is 1.98. The van der Waals surface area contributed by atoms with E-state index in [0.717, 1.165) is 15.6 Å². The molecule has 0 saturated carbocycles. The zero-order valence-corrected chi connectivity index (χ0v) is 12.7. The molecule has 20 heavy (non-hydrogen) atoms. The molecule has 3 nitrogen and oxygen atoms in total. The monoisotopic (exact) mass is 331 g/mol. The lowest BCUT2D eigenvalue weighted by atomic mass is 10.1. The van der Waals surface area contributed by atoms with Gasteiger partial charge in [-0.25, -0.2) is 0 Å². The Morgan fingerprint density at radius 1 is 1.15 bits per heavy atom. The van der Waals surface area contributed by atoms with Crippen molar-refractivity contribution in [2.24, 2.45) is 0 Å². The number of methoxy groups -OCH3 is 1. The van der Waals surface area contributed by atoms with Gasteiger partial charge >= 0.3 is 0 Å². The van der Waals surface area contributed by atoms with E-state index in [9.17, 15) is 0 Å². The number of hydrogen-bond donors (Lipinski definition) is 0. The van der Waals surface area contributed by atoms with E-state index in [2.05, 4.69) is 22.0 Å². The third kappa shape index (κ3) is 3.60. The van der Waals surface area contributed by atoms with Gasteiger partial charge in [0.25, 0.3) is 0 Å². The van der Waals surface area contributed by atoms with E-state index in [1.165, 1.54) is 0 Å². The fourth-order valence-corrected chi connectivity index (χ4v) is 2.23. The predicted octanol–water partition coefficient (Wildman–Crippen LogP) is 4.05. The lowest BCUT2D eigenvalue weighted by Gasteiger charge is -2.08. The zero-order valence-electron chi connectivity index (χ0n) is 11.1.